The minimum atomic E-state index is 0.0194. The van der Waals surface area contributed by atoms with E-state index in [0.29, 0.717) is 24.4 Å². The molecule has 0 unspecified atom stereocenters. The topological polar surface area (TPSA) is 64.2 Å². The predicted octanol–water partition coefficient (Wildman–Crippen LogP) is 3.72. The highest BCUT2D eigenvalue weighted by Gasteiger charge is 2.17. The fraction of sp³-hybridized carbons (Fsp3) is 0.227. The summed E-state index contributed by atoms with van der Waals surface area (Å²) >= 11 is 6.03. The molecule has 1 aromatic carbocycles. The summed E-state index contributed by atoms with van der Waals surface area (Å²) in [6.45, 7) is 1.25. The molecule has 148 valence electrons. The van der Waals surface area contributed by atoms with E-state index in [2.05, 4.69) is 20.1 Å². The highest BCUT2D eigenvalue weighted by atomic mass is 35.5. The van der Waals surface area contributed by atoms with Crippen molar-refractivity contribution in [2.24, 2.45) is 0 Å². The maximum atomic E-state index is 12.6. The van der Waals surface area contributed by atoms with Crippen molar-refractivity contribution < 1.29 is 4.79 Å². The minimum Gasteiger partial charge on any atom is -0.356 e. The van der Waals surface area contributed by atoms with Gasteiger partial charge in [0.25, 0.3) is 0 Å². The summed E-state index contributed by atoms with van der Waals surface area (Å²) in [7, 11) is 0. The van der Waals surface area contributed by atoms with E-state index in [1.165, 1.54) is 0 Å². The van der Waals surface area contributed by atoms with Crippen LogP contribution in [0.2, 0.25) is 5.02 Å². The molecule has 6 nitrogen and oxygen atoms in total. The molecule has 1 N–H and O–H groups in total. The van der Waals surface area contributed by atoms with Gasteiger partial charge < -0.3 is 9.88 Å². The van der Waals surface area contributed by atoms with Crippen LogP contribution < -0.4 is 5.32 Å². The number of aromatic nitrogens is 4. The zero-order valence-corrected chi connectivity index (χ0v) is 16.7. The second kappa shape index (κ2) is 8.92. The predicted molar refractivity (Wildman–Crippen MR) is 113 cm³/mol. The number of amides is 1. The van der Waals surface area contributed by atoms with Gasteiger partial charge in [-0.2, -0.15) is 0 Å². The van der Waals surface area contributed by atoms with Crippen LogP contribution in [-0.2, 0) is 17.8 Å². The molecule has 1 amide bonds. The Balaban J connectivity index is 1.37. The minimum absolute atomic E-state index is 0.0194. The maximum Gasteiger partial charge on any atom is 0.220 e. The van der Waals surface area contributed by atoms with E-state index in [4.69, 9.17) is 11.6 Å². The van der Waals surface area contributed by atoms with E-state index < -0.39 is 0 Å². The van der Waals surface area contributed by atoms with Crippen molar-refractivity contribution in [2.75, 3.05) is 6.54 Å². The van der Waals surface area contributed by atoms with Gasteiger partial charge >= 0.3 is 0 Å². The molecule has 0 aliphatic rings. The second-order valence-corrected chi connectivity index (χ2v) is 7.41. The van der Waals surface area contributed by atoms with E-state index in [0.717, 1.165) is 23.6 Å². The lowest BCUT2D eigenvalue weighted by Crippen LogP contribution is -2.28. The van der Waals surface area contributed by atoms with Crippen molar-refractivity contribution >= 4 is 23.2 Å². The first kappa shape index (κ1) is 19.2. The molecule has 4 aromatic rings. The molecule has 3 heterocycles. The molecule has 4 rings (SSSR count). The average molecular weight is 408 g/mol. The highest BCUT2D eigenvalue weighted by molar-refractivity contribution is 6.30. The molecule has 0 radical (unpaired) electrons. The van der Waals surface area contributed by atoms with Gasteiger partial charge in [-0.3, -0.25) is 9.20 Å². The number of pyridine rings is 1. The smallest absolute Gasteiger partial charge is 0.220 e. The summed E-state index contributed by atoms with van der Waals surface area (Å²) in [6.07, 6.45) is 6.98. The molecule has 7 heteroatoms. The Morgan fingerprint density at radius 1 is 1.00 bits per heavy atom. The molecule has 0 saturated heterocycles. The zero-order valence-electron chi connectivity index (χ0n) is 15.9. The Labute approximate surface area is 174 Å². The number of carbonyl (C=O) groups excluding carboxylic acids is 1. The monoisotopic (exact) mass is 407 g/mol. The summed E-state index contributed by atoms with van der Waals surface area (Å²) < 4.78 is 4.03. The van der Waals surface area contributed by atoms with Crippen LogP contribution in [0.3, 0.4) is 0 Å². The summed E-state index contributed by atoms with van der Waals surface area (Å²) in [5.74, 6) is 0.919. The van der Waals surface area contributed by atoms with Crippen LogP contribution in [0.25, 0.3) is 5.65 Å². The van der Waals surface area contributed by atoms with Crippen molar-refractivity contribution in [1.82, 2.24) is 24.5 Å². The van der Waals surface area contributed by atoms with Crippen molar-refractivity contribution in [1.29, 1.82) is 0 Å². The van der Waals surface area contributed by atoms with E-state index in [9.17, 15) is 4.79 Å². The largest absolute Gasteiger partial charge is 0.356 e. The normalized spacial score (nSPS) is 12.2. The number of carbonyl (C=O) groups is 1. The van der Waals surface area contributed by atoms with Crippen LogP contribution in [0.15, 0.2) is 73.2 Å². The van der Waals surface area contributed by atoms with Gasteiger partial charge in [0.05, 0.1) is 0 Å². The summed E-state index contributed by atoms with van der Waals surface area (Å²) in [5, 5.41) is 12.1. The maximum absolute atomic E-state index is 12.6. The van der Waals surface area contributed by atoms with Gasteiger partial charge in [-0.15, -0.1) is 10.2 Å². The van der Waals surface area contributed by atoms with Gasteiger partial charge in [-0.1, -0.05) is 29.8 Å². The third-order valence-corrected chi connectivity index (χ3v) is 5.18. The fourth-order valence-electron chi connectivity index (χ4n) is 3.44. The van der Waals surface area contributed by atoms with Crippen molar-refractivity contribution in [3.05, 3.63) is 89.6 Å². The Morgan fingerprint density at radius 2 is 1.76 bits per heavy atom. The molecule has 3 aromatic heterocycles. The first-order valence-corrected chi connectivity index (χ1v) is 9.98. The van der Waals surface area contributed by atoms with E-state index in [1.807, 2.05) is 77.6 Å². The number of nitrogens with zero attached hydrogens (tertiary/aromatic N) is 4. The molecule has 0 bridgehead atoms. The quantitative estimate of drug-likeness (QED) is 0.484. The number of benzene rings is 1. The van der Waals surface area contributed by atoms with Crippen molar-refractivity contribution in [3.63, 3.8) is 0 Å². The van der Waals surface area contributed by atoms with Gasteiger partial charge in [-0.25, -0.2) is 0 Å². The van der Waals surface area contributed by atoms with Crippen LogP contribution in [0, 0.1) is 0 Å². The molecule has 1 atom stereocenters. The molecular weight excluding hydrogens is 386 g/mol. The average Bonchev–Trinajstić information content (AvgIpc) is 3.38. The van der Waals surface area contributed by atoms with Crippen LogP contribution in [0.5, 0.6) is 0 Å². The van der Waals surface area contributed by atoms with E-state index >= 15 is 0 Å². The molecule has 29 heavy (non-hydrogen) atoms. The van der Waals surface area contributed by atoms with Gasteiger partial charge in [0.1, 0.15) is 5.82 Å². The lowest BCUT2D eigenvalue weighted by atomic mass is 9.95. The van der Waals surface area contributed by atoms with E-state index in [1.54, 1.807) is 0 Å². The third-order valence-electron chi connectivity index (χ3n) is 4.93. The second-order valence-electron chi connectivity index (χ2n) is 6.98. The first-order chi connectivity index (χ1) is 14.2. The van der Waals surface area contributed by atoms with Gasteiger partial charge in [0.15, 0.2) is 5.65 Å². The molecule has 0 spiro atoms. The van der Waals surface area contributed by atoms with Crippen molar-refractivity contribution in [2.45, 2.75) is 25.3 Å². The number of hydrogen-bond acceptors (Lipinski definition) is 3. The third kappa shape index (κ3) is 4.84. The van der Waals surface area contributed by atoms with Crippen LogP contribution >= 0.6 is 11.6 Å². The summed E-state index contributed by atoms with van der Waals surface area (Å²) in [5.41, 5.74) is 1.91. The number of fused-ring (bicyclic) bond motifs is 1. The molecule has 0 fully saturated rings. The van der Waals surface area contributed by atoms with Crippen LogP contribution in [0.4, 0.5) is 0 Å². The van der Waals surface area contributed by atoms with E-state index in [-0.39, 0.29) is 11.8 Å². The lowest BCUT2D eigenvalue weighted by molar-refractivity contribution is -0.121. The number of rotatable bonds is 8. The summed E-state index contributed by atoms with van der Waals surface area (Å²) in [4.78, 5) is 12.6. The van der Waals surface area contributed by atoms with Crippen LogP contribution in [-0.4, -0.2) is 31.6 Å². The number of halogens is 1. The highest BCUT2D eigenvalue weighted by Crippen LogP contribution is 2.24. The van der Waals surface area contributed by atoms with Crippen LogP contribution in [0.1, 0.15) is 23.7 Å². The molecule has 0 saturated carbocycles. The molecular formula is C22H22ClN5O. The fourth-order valence-corrected chi connectivity index (χ4v) is 3.57. The standard InChI is InChI=1S/C22H22ClN5O/c23-19-8-6-17(7-9-19)18(16-27-12-3-4-13-27)15-22(29)24-11-10-21-26-25-20-5-1-2-14-28(20)21/h1-9,12-14,18H,10-11,15-16H2,(H,24,29)/t18-/m0/s1. The Bertz CT molecular complexity index is 1070. The number of nitrogens with one attached hydrogen (secondary N) is 1. The Hall–Kier alpha value is -3.12. The Morgan fingerprint density at radius 3 is 2.55 bits per heavy atom. The van der Waals surface area contributed by atoms with Gasteiger partial charge in [0.2, 0.25) is 5.91 Å². The molecule has 0 aliphatic carbocycles. The zero-order chi connectivity index (χ0) is 20.1. The first-order valence-electron chi connectivity index (χ1n) is 9.60. The molecule has 0 aliphatic heterocycles. The van der Waals surface area contributed by atoms with Crippen molar-refractivity contribution in [3.8, 4) is 0 Å². The Kier molecular flexibility index (Phi) is 5.91. The number of hydrogen-bond donors (Lipinski definition) is 1. The summed E-state index contributed by atoms with van der Waals surface area (Å²) in [6, 6.07) is 17.5. The van der Waals surface area contributed by atoms with Gasteiger partial charge in [0, 0.05) is 55.5 Å². The SMILES string of the molecule is O=C(C[C@@H](Cn1cccc1)c1ccc(Cl)cc1)NCCc1nnc2ccccn12. The van der Waals surface area contributed by atoms with Gasteiger partial charge in [-0.05, 0) is 42.0 Å². The lowest BCUT2D eigenvalue weighted by Gasteiger charge is -2.18.